The first kappa shape index (κ1) is 22.1. The second-order valence-corrected chi connectivity index (χ2v) is 7.40. The molecule has 1 rings (SSSR count). The van der Waals surface area contributed by atoms with E-state index in [-0.39, 0.29) is 13.2 Å². The minimum atomic E-state index is -0.941. The van der Waals surface area contributed by atoms with Crippen LogP contribution in [0.25, 0.3) is 0 Å². The molecule has 1 aromatic rings. The molecule has 0 aromatic carbocycles. The quantitative estimate of drug-likeness (QED) is 0.393. The fourth-order valence-electron chi connectivity index (χ4n) is 2.97. The second kappa shape index (κ2) is 13.3. The summed E-state index contributed by atoms with van der Waals surface area (Å²) < 4.78 is 5.32. The fourth-order valence-corrected chi connectivity index (χ4v) is 2.97. The molecule has 0 fully saturated rings. The van der Waals surface area contributed by atoms with Crippen LogP contribution >= 0.6 is 0 Å². The number of nitrogens with two attached hydrogens (primary N) is 1. The predicted octanol–water partition coefficient (Wildman–Crippen LogP) is 3.75. The number of aryl methyl sites for hydroxylation is 2. The van der Waals surface area contributed by atoms with Gasteiger partial charge in [-0.25, -0.2) is 0 Å². The van der Waals surface area contributed by atoms with Crippen LogP contribution in [0.15, 0.2) is 10.6 Å². The lowest BCUT2D eigenvalue weighted by molar-refractivity contribution is 0.113. The Morgan fingerprint density at radius 1 is 0.920 bits per heavy atom. The highest BCUT2D eigenvalue weighted by atomic mass is 16.5. The van der Waals surface area contributed by atoms with Crippen molar-refractivity contribution in [3.8, 4) is 0 Å². The van der Waals surface area contributed by atoms with E-state index in [1.165, 1.54) is 57.8 Å². The summed E-state index contributed by atoms with van der Waals surface area (Å²) in [7, 11) is 0. The smallest absolute Gasteiger partial charge is 0.137 e. The molecule has 1 aromatic heterocycles. The van der Waals surface area contributed by atoms with Crippen LogP contribution in [0, 0.1) is 0 Å². The average molecular weight is 355 g/mol. The van der Waals surface area contributed by atoms with Crippen molar-refractivity contribution in [3.63, 3.8) is 0 Å². The minimum absolute atomic E-state index is 0.233. The van der Waals surface area contributed by atoms with Crippen LogP contribution in [0.4, 0.5) is 0 Å². The number of rotatable bonds is 16. The van der Waals surface area contributed by atoms with Crippen molar-refractivity contribution in [2.24, 2.45) is 5.73 Å². The maximum atomic E-state index is 9.20. The summed E-state index contributed by atoms with van der Waals surface area (Å²) in [6, 6.07) is 1.98. The molecule has 0 saturated carbocycles. The maximum absolute atomic E-state index is 9.20. The number of hydrogen-bond acceptors (Lipinski definition) is 5. The normalized spacial score (nSPS) is 12.0. The van der Waals surface area contributed by atoms with E-state index in [1.807, 2.05) is 6.07 Å². The third kappa shape index (κ3) is 9.97. The zero-order valence-corrected chi connectivity index (χ0v) is 16.0. The SMILES string of the molecule is CCCCCCCCCCCCc1cc(CCC(N)(CO)CO)on1. The van der Waals surface area contributed by atoms with E-state index >= 15 is 0 Å². The van der Waals surface area contributed by atoms with Gasteiger partial charge in [0.05, 0.1) is 24.4 Å². The summed E-state index contributed by atoms with van der Waals surface area (Å²) in [5.74, 6) is 0.777. The third-order valence-electron chi connectivity index (χ3n) is 4.89. The van der Waals surface area contributed by atoms with E-state index in [0.29, 0.717) is 12.8 Å². The highest BCUT2D eigenvalue weighted by molar-refractivity contribution is 5.06. The largest absolute Gasteiger partial charge is 0.394 e. The molecule has 146 valence electrons. The third-order valence-corrected chi connectivity index (χ3v) is 4.89. The van der Waals surface area contributed by atoms with Gasteiger partial charge in [-0.05, 0) is 19.3 Å². The van der Waals surface area contributed by atoms with Crippen LogP contribution in [-0.2, 0) is 12.8 Å². The second-order valence-electron chi connectivity index (χ2n) is 7.40. The topological polar surface area (TPSA) is 92.5 Å². The lowest BCUT2D eigenvalue weighted by Gasteiger charge is -2.23. The molecule has 4 N–H and O–H groups in total. The van der Waals surface area contributed by atoms with Crippen molar-refractivity contribution >= 4 is 0 Å². The predicted molar refractivity (Wildman–Crippen MR) is 101 cm³/mol. The zero-order chi connectivity index (χ0) is 18.4. The van der Waals surface area contributed by atoms with Crippen molar-refractivity contribution < 1.29 is 14.7 Å². The first-order chi connectivity index (χ1) is 12.1. The van der Waals surface area contributed by atoms with Gasteiger partial charge in [0.15, 0.2) is 0 Å². The highest BCUT2D eigenvalue weighted by Gasteiger charge is 2.23. The van der Waals surface area contributed by atoms with Gasteiger partial charge in [-0.15, -0.1) is 0 Å². The van der Waals surface area contributed by atoms with E-state index in [9.17, 15) is 10.2 Å². The van der Waals surface area contributed by atoms with E-state index in [2.05, 4.69) is 12.1 Å². The molecule has 0 aliphatic carbocycles. The van der Waals surface area contributed by atoms with Crippen LogP contribution in [0.2, 0.25) is 0 Å². The first-order valence-corrected chi connectivity index (χ1v) is 10.1. The molecular formula is C20H38N2O3. The number of aliphatic hydroxyl groups is 2. The lowest BCUT2D eigenvalue weighted by atomic mass is 9.96. The molecule has 5 nitrogen and oxygen atoms in total. The van der Waals surface area contributed by atoms with Crippen molar-refractivity contribution in [3.05, 3.63) is 17.5 Å². The number of aliphatic hydroxyl groups excluding tert-OH is 2. The van der Waals surface area contributed by atoms with Gasteiger partial charge in [0.2, 0.25) is 0 Å². The van der Waals surface area contributed by atoms with Gasteiger partial charge >= 0.3 is 0 Å². The fraction of sp³-hybridized carbons (Fsp3) is 0.850. The van der Waals surface area contributed by atoms with Gasteiger partial charge in [-0.1, -0.05) is 69.9 Å². The standard InChI is InChI=1S/C20H38N2O3/c1-2-3-4-5-6-7-8-9-10-11-12-18-15-19(25-22-18)13-14-20(21,16-23)17-24/h15,23-24H,2-14,16-17,21H2,1H3. The lowest BCUT2D eigenvalue weighted by Crippen LogP contribution is -2.47. The Hall–Kier alpha value is -0.910. The molecule has 0 unspecified atom stereocenters. The molecular weight excluding hydrogens is 316 g/mol. The summed E-state index contributed by atoms with van der Waals surface area (Å²) >= 11 is 0. The number of unbranched alkanes of at least 4 members (excludes halogenated alkanes) is 9. The van der Waals surface area contributed by atoms with Gasteiger partial charge in [0.1, 0.15) is 5.76 Å². The molecule has 5 heteroatoms. The Morgan fingerprint density at radius 2 is 1.48 bits per heavy atom. The molecule has 0 amide bonds. The van der Waals surface area contributed by atoms with Gasteiger partial charge in [-0.3, -0.25) is 0 Å². The Bertz CT molecular complexity index is 430. The van der Waals surface area contributed by atoms with Crippen molar-refractivity contribution in [1.29, 1.82) is 0 Å². The van der Waals surface area contributed by atoms with Crippen molar-refractivity contribution in [2.45, 2.75) is 95.9 Å². The molecule has 0 aliphatic heterocycles. The van der Waals surface area contributed by atoms with E-state index < -0.39 is 5.54 Å². The molecule has 0 radical (unpaired) electrons. The average Bonchev–Trinajstić information content (AvgIpc) is 3.09. The maximum Gasteiger partial charge on any atom is 0.137 e. The summed E-state index contributed by atoms with van der Waals surface area (Å²) in [5.41, 5.74) is 5.91. The van der Waals surface area contributed by atoms with Crippen molar-refractivity contribution in [2.75, 3.05) is 13.2 Å². The Morgan fingerprint density at radius 3 is 2.04 bits per heavy atom. The van der Waals surface area contributed by atoms with Crippen LogP contribution in [0.3, 0.4) is 0 Å². The monoisotopic (exact) mass is 354 g/mol. The Kier molecular flexibility index (Phi) is 11.8. The molecule has 0 aliphatic rings. The van der Waals surface area contributed by atoms with Crippen LogP contribution in [0.1, 0.15) is 89.0 Å². The summed E-state index contributed by atoms with van der Waals surface area (Å²) in [6.45, 7) is 1.79. The van der Waals surface area contributed by atoms with Gasteiger partial charge < -0.3 is 20.5 Å². The minimum Gasteiger partial charge on any atom is -0.394 e. The Balaban J connectivity index is 2.06. The number of aromatic nitrogens is 1. The number of hydrogen-bond donors (Lipinski definition) is 3. The van der Waals surface area contributed by atoms with Gasteiger partial charge in [0.25, 0.3) is 0 Å². The van der Waals surface area contributed by atoms with Crippen molar-refractivity contribution in [1.82, 2.24) is 5.16 Å². The first-order valence-electron chi connectivity index (χ1n) is 10.1. The molecule has 1 heterocycles. The Labute approximate surface area is 153 Å². The summed E-state index contributed by atoms with van der Waals surface area (Å²) in [4.78, 5) is 0. The molecule has 0 saturated heterocycles. The van der Waals surface area contributed by atoms with E-state index in [1.54, 1.807) is 0 Å². The summed E-state index contributed by atoms with van der Waals surface area (Å²) in [6.07, 6.45) is 15.3. The zero-order valence-electron chi connectivity index (χ0n) is 16.0. The molecule has 0 bridgehead atoms. The van der Waals surface area contributed by atoms with Gasteiger partial charge in [-0.2, -0.15) is 0 Å². The molecule has 0 spiro atoms. The van der Waals surface area contributed by atoms with E-state index in [0.717, 1.165) is 24.3 Å². The van der Waals surface area contributed by atoms with Crippen LogP contribution < -0.4 is 5.73 Å². The van der Waals surface area contributed by atoms with Crippen LogP contribution in [0.5, 0.6) is 0 Å². The number of nitrogens with zero attached hydrogens (tertiary/aromatic N) is 1. The van der Waals surface area contributed by atoms with Gasteiger partial charge in [0, 0.05) is 12.5 Å². The molecule has 25 heavy (non-hydrogen) atoms. The highest BCUT2D eigenvalue weighted by Crippen LogP contribution is 2.15. The summed E-state index contributed by atoms with van der Waals surface area (Å²) in [5, 5.41) is 22.5. The molecule has 0 atom stereocenters. The van der Waals surface area contributed by atoms with Crippen LogP contribution in [-0.4, -0.2) is 34.1 Å². The van der Waals surface area contributed by atoms with E-state index in [4.69, 9.17) is 10.3 Å².